The van der Waals surface area contributed by atoms with Gasteiger partial charge in [0, 0.05) is 31.7 Å². The van der Waals surface area contributed by atoms with Crippen molar-refractivity contribution >= 4 is 0 Å². The molecule has 4 unspecified atom stereocenters. The maximum Gasteiger partial charge on any atom is 0.0580 e. The minimum atomic E-state index is -0.0368. The average molecular weight is 226 g/mol. The second-order valence-corrected chi connectivity index (χ2v) is 5.84. The summed E-state index contributed by atoms with van der Waals surface area (Å²) in [6.07, 6.45) is 3.41. The summed E-state index contributed by atoms with van der Waals surface area (Å²) in [6.45, 7) is 8.01. The summed E-state index contributed by atoms with van der Waals surface area (Å²) >= 11 is 0. The van der Waals surface area contributed by atoms with Gasteiger partial charge in [-0.15, -0.1) is 0 Å². The van der Waals surface area contributed by atoms with E-state index in [1.165, 1.54) is 12.8 Å². The first-order valence-corrected chi connectivity index (χ1v) is 6.70. The number of hydrogen-bond donors (Lipinski definition) is 1. The maximum atomic E-state index is 9.87. The Morgan fingerprint density at radius 3 is 2.25 bits per heavy atom. The van der Waals surface area contributed by atoms with Gasteiger partial charge in [0.15, 0.2) is 0 Å². The average Bonchev–Trinajstić information content (AvgIpc) is 2.61. The first-order chi connectivity index (χ1) is 7.58. The third kappa shape index (κ3) is 2.58. The highest BCUT2D eigenvalue weighted by Gasteiger charge is 2.31. The lowest BCUT2D eigenvalue weighted by molar-refractivity contribution is 0.0326. The van der Waals surface area contributed by atoms with Gasteiger partial charge in [-0.25, -0.2) is 0 Å². The number of aliphatic hydroxyl groups is 1. The van der Waals surface area contributed by atoms with Gasteiger partial charge < -0.3 is 5.11 Å². The predicted molar refractivity (Wildman–Crippen MR) is 66.5 cm³/mol. The zero-order valence-corrected chi connectivity index (χ0v) is 10.9. The molecule has 2 rings (SSSR count). The summed E-state index contributed by atoms with van der Waals surface area (Å²) in [5, 5.41) is 9.87. The number of rotatable bonds is 2. The highest BCUT2D eigenvalue weighted by atomic mass is 16.3. The SMILES string of the molecule is CC1CN(CC2CCCC2O)CC(C)N1C. The van der Waals surface area contributed by atoms with Gasteiger partial charge in [0.2, 0.25) is 0 Å². The van der Waals surface area contributed by atoms with Crippen LogP contribution in [0.4, 0.5) is 0 Å². The number of piperazine rings is 1. The maximum absolute atomic E-state index is 9.87. The monoisotopic (exact) mass is 226 g/mol. The van der Waals surface area contributed by atoms with Gasteiger partial charge in [-0.3, -0.25) is 9.80 Å². The molecule has 94 valence electrons. The topological polar surface area (TPSA) is 26.7 Å². The number of nitrogens with zero attached hydrogens (tertiary/aromatic N) is 2. The van der Waals surface area contributed by atoms with Crippen LogP contribution >= 0.6 is 0 Å². The largest absolute Gasteiger partial charge is 0.393 e. The molecular weight excluding hydrogens is 200 g/mol. The summed E-state index contributed by atoms with van der Waals surface area (Å²) in [6, 6.07) is 1.28. The van der Waals surface area contributed by atoms with E-state index in [1.807, 2.05) is 0 Å². The molecule has 4 atom stereocenters. The fourth-order valence-corrected chi connectivity index (χ4v) is 3.22. The van der Waals surface area contributed by atoms with E-state index in [-0.39, 0.29) is 6.10 Å². The molecule has 0 bridgehead atoms. The smallest absolute Gasteiger partial charge is 0.0580 e. The van der Waals surface area contributed by atoms with Gasteiger partial charge in [-0.2, -0.15) is 0 Å². The van der Waals surface area contributed by atoms with Crippen LogP contribution < -0.4 is 0 Å². The highest BCUT2D eigenvalue weighted by Crippen LogP contribution is 2.27. The van der Waals surface area contributed by atoms with Crippen molar-refractivity contribution in [3.05, 3.63) is 0 Å². The quantitative estimate of drug-likeness (QED) is 0.766. The van der Waals surface area contributed by atoms with E-state index < -0.39 is 0 Å². The third-order valence-electron chi connectivity index (χ3n) is 4.55. The van der Waals surface area contributed by atoms with E-state index >= 15 is 0 Å². The summed E-state index contributed by atoms with van der Waals surface area (Å²) in [5.74, 6) is 0.530. The van der Waals surface area contributed by atoms with Gasteiger partial charge >= 0.3 is 0 Å². The summed E-state index contributed by atoms with van der Waals surface area (Å²) in [4.78, 5) is 5.01. The van der Waals surface area contributed by atoms with E-state index in [0.717, 1.165) is 26.1 Å². The van der Waals surface area contributed by atoms with Crippen molar-refractivity contribution in [2.45, 2.75) is 51.3 Å². The van der Waals surface area contributed by atoms with E-state index in [1.54, 1.807) is 0 Å². The minimum Gasteiger partial charge on any atom is -0.393 e. The van der Waals surface area contributed by atoms with Gasteiger partial charge in [0.25, 0.3) is 0 Å². The molecule has 1 aliphatic heterocycles. The van der Waals surface area contributed by atoms with E-state index in [4.69, 9.17) is 0 Å². The van der Waals surface area contributed by atoms with Gasteiger partial charge in [-0.05, 0) is 39.7 Å². The van der Waals surface area contributed by atoms with Crippen molar-refractivity contribution in [2.75, 3.05) is 26.7 Å². The molecule has 2 aliphatic rings. The van der Waals surface area contributed by atoms with Crippen molar-refractivity contribution in [1.29, 1.82) is 0 Å². The van der Waals surface area contributed by atoms with E-state index in [0.29, 0.717) is 18.0 Å². The molecule has 1 saturated carbocycles. The second-order valence-electron chi connectivity index (χ2n) is 5.84. The normalized spacial score (nSPS) is 42.8. The Kier molecular flexibility index (Phi) is 3.88. The third-order valence-corrected chi connectivity index (χ3v) is 4.55. The molecule has 1 aliphatic carbocycles. The molecule has 0 amide bonds. The Morgan fingerprint density at radius 2 is 1.75 bits per heavy atom. The van der Waals surface area contributed by atoms with Crippen LogP contribution in [0.5, 0.6) is 0 Å². The van der Waals surface area contributed by atoms with E-state index in [9.17, 15) is 5.11 Å². The van der Waals surface area contributed by atoms with Crippen LogP contribution in [0, 0.1) is 5.92 Å². The zero-order chi connectivity index (χ0) is 11.7. The van der Waals surface area contributed by atoms with Gasteiger partial charge in [-0.1, -0.05) is 6.42 Å². The Balaban J connectivity index is 1.86. The molecule has 1 heterocycles. The standard InChI is InChI=1S/C13H26N2O/c1-10-7-15(8-11(2)14(10)3)9-12-5-4-6-13(12)16/h10-13,16H,4-9H2,1-3H3. The van der Waals surface area contributed by atoms with E-state index in [2.05, 4.69) is 30.7 Å². The van der Waals surface area contributed by atoms with Crippen molar-refractivity contribution in [2.24, 2.45) is 5.92 Å². The first kappa shape index (κ1) is 12.3. The Morgan fingerprint density at radius 1 is 1.12 bits per heavy atom. The van der Waals surface area contributed by atoms with Crippen LogP contribution in [0.3, 0.4) is 0 Å². The van der Waals surface area contributed by atoms with Crippen LogP contribution in [0.15, 0.2) is 0 Å². The predicted octanol–water partition coefficient (Wildman–Crippen LogP) is 1.17. The number of likely N-dealkylation sites (N-methyl/N-ethyl adjacent to an activating group) is 1. The van der Waals surface area contributed by atoms with Crippen LogP contribution in [-0.2, 0) is 0 Å². The molecule has 0 aromatic rings. The molecule has 0 radical (unpaired) electrons. The molecule has 16 heavy (non-hydrogen) atoms. The Hall–Kier alpha value is -0.120. The molecule has 0 spiro atoms. The van der Waals surface area contributed by atoms with Crippen LogP contribution in [-0.4, -0.2) is 59.8 Å². The molecule has 0 aromatic carbocycles. The van der Waals surface area contributed by atoms with Gasteiger partial charge in [0.05, 0.1) is 6.10 Å². The van der Waals surface area contributed by atoms with Crippen molar-refractivity contribution in [1.82, 2.24) is 9.80 Å². The first-order valence-electron chi connectivity index (χ1n) is 6.70. The van der Waals surface area contributed by atoms with Crippen molar-refractivity contribution < 1.29 is 5.11 Å². The summed E-state index contributed by atoms with van der Waals surface area (Å²) in [7, 11) is 2.22. The lowest BCUT2D eigenvalue weighted by Crippen LogP contribution is -2.55. The fourth-order valence-electron chi connectivity index (χ4n) is 3.22. The minimum absolute atomic E-state index is 0.0368. The summed E-state index contributed by atoms with van der Waals surface area (Å²) < 4.78 is 0. The summed E-state index contributed by atoms with van der Waals surface area (Å²) in [5.41, 5.74) is 0. The lowest BCUT2D eigenvalue weighted by Gasteiger charge is -2.43. The molecule has 0 aromatic heterocycles. The lowest BCUT2D eigenvalue weighted by atomic mass is 10.0. The van der Waals surface area contributed by atoms with Crippen molar-refractivity contribution in [3.8, 4) is 0 Å². The fraction of sp³-hybridized carbons (Fsp3) is 1.00. The molecule has 1 saturated heterocycles. The Labute approximate surface area is 99.4 Å². The molecule has 1 N–H and O–H groups in total. The molecule has 2 fully saturated rings. The van der Waals surface area contributed by atoms with Gasteiger partial charge in [0.1, 0.15) is 0 Å². The Bertz CT molecular complexity index is 222. The highest BCUT2D eigenvalue weighted by molar-refractivity contribution is 4.86. The number of aliphatic hydroxyl groups excluding tert-OH is 1. The molecular formula is C13H26N2O. The van der Waals surface area contributed by atoms with Crippen LogP contribution in [0.25, 0.3) is 0 Å². The number of hydrogen-bond acceptors (Lipinski definition) is 3. The van der Waals surface area contributed by atoms with Crippen molar-refractivity contribution in [3.63, 3.8) is 0 Å². The second kappa shape index (κ2) is 5.03. The zero-order valence-electron chi connectivity index (χ0n) is 10.9. The molecule has 3 heteroatoms. The van der Waals surface area contributed by atoms with Crippen LogP contribution in [0.2, 0.25) is 0 Å². The van der Waals surface area contributed by atoms with Crippen LogP contribution in [0.1, 0.15) is 33.1 Å². The molecule has 3 nitrogen and oxygen atoms in total.